The van der Waals surface area contributed by atoms with Crippen LogP contribution in [0.25, 0.3) is 10.1 Å². The normalized spacial score (nSPS) is 17.6. The number of thiophene rings is 1. The summed E-state index contributed by atoms with van der Waals surface area (Å²) in [4.78, 5) is 0.644. The highest BCUT2D eigenvalue weighted by molar-refractivity contribution is 7.86. The molecule has 3 rings (SSSR count). The van der Waals surface area contributed by atoms with Gasteiger partial charge in [-0.3, -0.25) is 0 Å². The molecular formula is C21H26F6O3S2. The molecule has 1 saturated carbocycles. The van der Waals surface area contributed by atoms with Crippen LogP contribution in [0.2, 0.25) is 0 Å². The molecule has 1 atom stereocenters. The number of fused-ring (bicyclic) bond motifs is 1. The van der Waals surface area contributed by atoms with E-state index in [9.17, 15) is 26.3 Å². The fourth-order valence-corrected chi connectivity index (χ4v) is 5.93. The Labute approximate surface area is 186 Å². The Bertz CT molecular complexity index is 1020. The molecule has 1 aromatic heterocycles. The van der Waals surface area contributed by atoms with E-state index in [4.69, 9.17) is 13.0 Å². The molecule has 1 heterocycles. The minimum atomic E-state index is -6.09. The van der Waals surface area contributed by atoms with E-state index < -0.39 is 31.6 Å². The van der Waals surface area contributed by atoms with Gasteiger partial charge in [0.05, 0.1) is 10.5 Å². The third-order valence-electron chi connectivity index (χ3n) is 5.41. The molecule has 0 aliphatic heterocycles. The zero-order valence-corrected chi connectivity index (χ0v) is 19.6. The van der Waals surface area contributed by atoms with Gasteiger partial charge in [0.15, 0.2) is 19.7 Å². The Hall–Kier alpha value is -1.33. The number of alkyl halides is 6. The van der Waals surface area contributed by atoms with Crippen molar-refractivity contribution in [2.75, 3.05) is 0 Å². The molecule has 2 aromatic rings. The van der Waals surface area contributed by atoms with Crippen molar-refractivity contribution in [1.29, 1.82) is 0 Å². The summed E-state index contributed by atoms with van der Waals surface area (Å²) in [5, 5.41) is 0.780. The standard InChI is InChI=1S/C20H26F3S.CHF3O3S/c1-19(2,3)16-11-10-15-12-17(14-8-6-4-5-7-9-14)24(18(15)13-16)20(21,22)23;2-1(3,4)8(5,6)7/h10-14H,4-9H2,1-3H3;(H,5,6,7)/q+1;/p-1. The topological polar surface area (TPSA) is 57.2 Å². The highest BCUT2D eigenvalue weighted by Gasteiger charge is 2.49. The minimum Gasteiger partial charge on any atom is -0.741 e. The monoisotopic (exact) mass is 504 g/mol. The summed E-state index contributed by atoms with van der Waals surface area (Å²) < 4.78 is 101. The van der Waals surface area contributed by atoms with Crippen molar-refractivity contribution in [1.82, 2.24) is 0 Å². The van der Waals surface area contributed by atoms with Gasteiger partial charge in [-0.2, -0.15) is 13.2 Å². The van der Waals surface area contributed by atoms with Crippen molar-refractivity contribution in [3.8, 4) is 0 Å². The van der Waals surface area contributed by atoms with Crippen molar-refractivity contribution in [2.24, 2.45) is 0 Å². The lowest BCUT2D eigenvalue weighted by Crippen LogP contribution is -2.21. The van der Waals surface area contributed by atoms with Crippen LogP contribution in [-0.4, -0.2) is 18.5 Å². The van der Waals surface area contributed by atoms with Crippen LogP contribution in [0.3, 0.4) is 0 Å². The van der Waals surface area contributed by atoms with E-state index >= 15 is 0 Å². The smallest absolute Gasteiger partial charge is 0.600 e. The SMILES string of the molecule is CC(C)(C)c1ccc2cc(C3CCCCCC3)[s+](C(F)(F)F)c2c1.O=S(=O)([O-])C(F)(F)F. The van der Waals surface area contributed by atoms with Gasteiger partial charge in [0.2, 0.25) is 0 Å². The molecule has 1 unspecified atom stereocenters. The van der Waals surface area contributed by atoms with Crippen molar-refractivity contribution in [3.05, 3.63) is 34.7 Å². The van der Waals surface area contributed by atoms with E-state index in [-0.39, 0.29) is 11.3 Å². The Balaban J connectivity index is 0.000000390. The van der Waals surface area contributed by atoms with Gasteiger partial charge >= 0.3 is 11.0 Å². The van der Waals surface area contributed by atoms with E-state index in [0.717, 1.165) is 49.5 Å². The van der Waals surface area contributed by atoms with Crippen LogP contribution in [0, 0.1) is 0 Å². The quantitative estimate of drug-likeness (QED) is 0.131. The van der Waals surface area contributed by atoms with Crippen molar-refractivity contribution >= 4 is 30.7 Å². The van der Waals surface area contributed by atoms with Crippen LogP contribution >= 0.6 is 10.5 Å². The molecule has 1 fully saturated rings. The predicted molar refractivity (Wildman–Crippen MR) is 113 cm³/mol. The van der Waals surface area contributed by atoms with Crippen LogP contribution in [0.15, 0.2) is 24.3 Å². The molecule has 0 radical (unpaired) electrons. The summed E-state index contributed by atoms with van der Waals surface area (Å²) in [7, 11) is -7.84. The maximum atomic E-state index is 13.9. The molecular weight excluding hydrogens is 478 g/mol. The maximum Gasteiger partial charge on any atom is 0.600 e. The van der Waals surface area contributed by atoms with E-state index in [0.29, 0.717) is 9.58 Å². The summed E-state index contributed by atoms with van der Waals surface area (Å²) in [6.45, 7) is 6.15. The average Bonchev–Trinajstić information content (AvgIpc) is 2.79. The molecule has 11 heteroatoms. The van der Waals surface area contributed by atoms with Crippen LogP contribution in [0.4, 0.5) is 26.3 Å². The number of benzene rings is 1. The van der Waals surface area contributed by atoms with Crippen molar-refractivity contribution in [2.45, 2.75) is 81.6 Å². The molecule has 0 amide bonds. The number of halogens is 6. The second kappa shape index (κ2) is 9.50. The first-order valence-electron chi connectivity index (χ1n) is 10.1. The highest BCUT2D eigenvalue weighted by Crippen LogP contribution is 2.55. The fourth-order valence-electron chi connectivity index (χ4n) is 3.74. The molecule has 32 heavy (non-hydrogen) atoms. The first kappa shape index (κ1) is 26.9. The zero-order chi connectivity index (χ0) is 24.5. The van der Waals surface area contributed by atoms with Crippen LogP contribution in [0.1, 0.15) is 75.7 Å². The molecule has 1 aliphatic rings. The lowest BCUT2D eigenvalue weighted by Gasteiger charge is -2.18. The summed E-state index contributed by atoms with van der Waals surface area (Å²) in [5.41, 5.74) is -8.98. The third kappa shape index (κ3) is 6.60. The first-order valence-corrected chi connectivity index (χ1v) is 12.8. The van der Waals surface area contributed by atoms with Crippen LogP contribution in [-0.2, 0) is 21.0 Å². The van der Waals surface area contributed by atoms with Gasteiger partial charge in [-0.05, 0) is 29.9 Å². The number of hydrogen-bond acceptors (Lipinski definition) is 3. The van der Waals surface area contributed by atoms with Gasteiger partial charge in [-0.25, -0.2) is 8.42 Å². The van der Waals surface area contributed by atoms with Crippen LogP contribution in [0.5, 0.6) is 0 Å². The Morgan fingerprint density at radius 2 is 1.41 bits per heavy atom. The molecule has 3 nitrogen and oxygen atoms in total. The van der Waals surface area contributed by atoms with E-state index in [1.807, 2.05) is 24.3 Å². The van der Waals surface area contributed by atoms with Gasteiger partial charge in [0.25, 0.3) is 0 Å². The molecule has 1 aliphatic carbocycles. The predicted octanol–water partition coefficient (Wildman–Crippen LogP) is 7.85. The lowest BCUT2D eigenvalue weighted by molar-refractivity contribution is -0.0868. The second-order valence-electron chi connectivity index (χ2n) is 8.89. The van der Waals surface area contributed by atoms with Gasteiger partial charge in [0, 0.05) is 23.4 Å². The Morgan fingerprint density at radius 3 is 1.81 bits per heavy atom. The van der Waals surface area contributed by atoms with Gasteiger partial charge in [-0.15, -0.1) is 13.2 Å². The van der Waals surface area contributed by atoms with Crippen LogP contribution < -0.4 is 0 Å². The first-order chi connectivity index (χ1) is 14.4. The summed E-state index contributed by atoms with van der Waals surface area (Å²) >= 11 is 0. The number of rotatable bonds is 1. The van der Waals surface area contributed by atoms with E-state index in [1.54, 1.807) is 0 Å². The fraction of sp³-hybridized carbons (Fsp3) is 0.619. The molecule has 0 N–H and O–H groups in total. The molecule has 0 bridgehead atoms. The highest BCUT2D eigenvalue weighted by atomic mass is 32.2. The summed E-state index contributed by atoms with van der Waals surface area (Å²) in [5.74, 6) is 0.0999. The van der Waals surface area contributed by atoms with Gasteiger partial charge in [-0.1, -0.05) is 52.5 Å². The zero-order valence-electron chi connectivity index (χ0n) is 17.9. The largest absolute Gasteiger partial charge is 0.741 e. The maximum absolute atomic E-state index is 13.9. The molecule has 1 aromatic carbocycles. The second-order valence-corrected chi connectivity index (χ2v) is 12.2. The average molecular weight is 505 g/mol. The van der Waals surface area contributed by atoms with E-state index in [2.05, 4.69) is 20.8 Å². The third-order valence-corrected chi connectivity index (χ3v) is 8.15. The summed E-state index contributed by atoms with van der Waals surface area (Å²) in [6, 6.07) is 7.55. The molecule has 0 saturated heterocycles. The minimum absolute atomic E-state index is 0.0999. The summed E-state index contributed by atoms with van der Waals surface area (Å²) in [6.07, 6.45) is 6.24. The van der Waals surface area contributed by atoms with E-state index in [1.165, 1.54) is 0 Å². The Kier molecular flexibility index (Phi) is 7.99. The van der Waals surface area contributed by atoms with Gasteiger partial charge in [0.1, 0.15) is 0 Å². The number of hydrogen-bond donors (Lipinski definition) is 0. The Morgan fingerprint density at radius 1 is 0.906 bits per heavy atom. The van der Waals surface area contributed by atoms with Crippen molar-refractivity contribution in [3.63, 3.8) is 0 Å². The molecule has 182 valence electrons. The molecule has 0 spiro atoms. The van der Waals surface area contributed by atoms with Crippen molar-refractivity contribution < 1.29 is 39.3 Å². The van der Waals surface area contributed by atoms with Gasteiger partial charge < -0.3 is 4.55 Å². The lowest BCUT2D eigenvalue weighted by atomic mass is 9.87.